The molecular weight excluding hydrogens is 781 g/mol. The number of hydrogen-bond donors (Lipinski definition) is 0. The Hall–Kier alpha value is -7.98. The standard InChI is InChI=1S/C60H40N2S/c1-5-17-41(18-6-1)43-29-35-48(36-30-43)61(49-37-31-44(32-38-49)42-19-7-2-8-20-42)50-39-33-46(34-40-50)56-55(45-21-9-3-10-22-45)57-51-25-13-15-27-53(51)62(47-23-11-4-12-24-47)59(57)60-58(56)52-26-14-16-28-54(52)63-60/h1-40H/i4D,11D,12D,23D,24D. The van der Waals surface area contributed by atoms with Crippen LogP contribution < -0.4 is 4.90 Å². The van der Waals surface area contributed by atoms with E-state index in [0.29, 0.717) is 0 Å². The second-order valence-electron chi connectivity index (χ2n) is 15.7. The average molecular weight is 826 g/mol. The smallest absolute Gasteiger partial charge is 0.0726 e. The van der Waals surface area contributed by atoms with Crippen molar-refractivity contribution in [1.29, 1.82) is 0 Å². The number of hydrogen-bond acceptors (Lipinski definition) is 2. The molecule has 10 aromatic carbocycles. The van der Waals surface area contributed by atoms with Gasteiger partial charge < -0.3 is 9.47 Å². The summed E-state index contributed by atoms with van der Waals surface area (Å²) in [5, 5.41) is 4.01. The van der Waals surface area contributed by atoms with E-state index in [-0.39, 0.29) is 29.9 Å². The van der Waals surface area contributed by atoms with E-state index in [2.05, 4.69) is 181 Å². The zero-order valence-corrected chi connectivity index (χ0v) is 34.8. The first-order valence-electron chi connectivity index (χ1n) is 23.6. The van der Waals surface area contributed by atoms with Crippen LogP contribution in [0.5, 0.6) is 0 Å². The van der Waals surface area contributed by atoms with Crippen LogP contribution in [0.15, 0.2) is 243 Å². The van der Waals surface area contributed by atoms with Crippen LogP contribution in [0.3, 0.4) is 0 Å². The second kappa shape index (κ2) is 15.5. The van der Waals surface area contributed by atoms with E-state index in [0.717, 1.165) is 104 Å². The van der Waals surface area contributed by atoms with Crippen LogP contribution in [0.4, 0.5) is 17.1 Å². The lowest BCUT2D eigenvalue weighted by Crippen LogP contribution is -2.09. The lowest BCUT2D eigenvalue weighted by Gasteiger charge is -2.26. The molecule has 2 nitrogen and oxygen atoms in total. The molecule has 0 aliphatic carbocycles. The Bertz CT molecular complexity index is 3760. The number of nitrogens with zero attached hydrogens (tertiary/aromatic N) is 2. The third-order valence-electron chi connectivity index (χ3n) is 12.1. The van der Waals surface area contributed by atoms with Gasteiger partial charge >= 0.3 is 0 Å². The Morgan fingerprint density at radius 1 is 0.381 bits per heavy atom. The van der Waals surface area contributed by atoms with Crippen molar-refractivity contribution >= 4 is 70.4 Å². The van der Waals surface area contributed by atoms with Gasteiger partial charge in [-0.1, -0.05) is 182 Å². The van der Waals surface area contributed by atoms with Crippen molar-refractivity contribution in [2.45, 2.75) is 0 Å². The van der Waals surface area contributed by atoms with Gasteiger partial charge in [0.05, 0.1) is 22.6 Å². The molecular formula is C60H40N2S. The van der Waals surface area contributed by atoms with Crippen molar-refractivity contribution in [2.75, 3.05) is 4.90 Å². The van der Waals surface area contributed by atoms with Crippen LogP contribution in [-0.2, 0) is 0 Å². The number of anilines is 3. The molecule has 0 N–H and O–H groups in total. The van der Waals surface area contributed by atoms with Gasteiger partial charge in [0.15, 0.2) is 0 Å². The maximum absolute atomic E-state index is 9.26. The lowest BCUT2D eigenvalue weighted by atomic mass is 9.87. The van der Waals surface area contributed by atoms with Crippen molar-refractivity contribution in [2.24, 2.45) is 0 Å². The predicted molar refractivity (Wildman–Crippen MR) is 270 cm³/mol. The summed E-state index contributed by atoms with van der Waals surface area (Å²) in [5.41, 5.74) is 13.5. The average Bonchev–Trinajstić information content (AvgIpc) is 3.95. The third kappa shape index (κ3) is 6.33. The fourth-order valence-corrected chi connectivity index (χ4v) is 10.5. The molecule has 0 aliphatic heterocycles. The molecule has 0 bridgehead atoms. The highest BCUT2D eigenvalue weighted by Gasteiger charge is 2.27. The summed E-state index contributed by atoms with van der Waals surface area (Å²) in [7, 11) is 0. The number of para-hydroxylation sites is 2. The van der Waals surface area contributed by atoms with Gasteiger partial charge in [0, 0.05) is 54.6 Å². The highest BCUT2D eigenvalue weighted by molar-refractivity contribution is 7.26. The van der Waals surface area contributed by atoms with Gasteiger partial charge in [-0.05, 0) is 99.6 Å². The Morgan fingerprint density at radius 3 is 1.38 bits per heavy atom. The largest absolute Gasteiger partial charge is 0.311 e. The molecule has 12 rings (SSSR count). The molecule has 0 saturated carbocycles. The van der Waals surface area contributed by atoms with Gasteiger partial charge in [-0.25, -0.2) is 0 Å². The van der Waals surface area contributed by atoms with Gasteiger partial charge in [0.2, 0.25) is 0 Å². The fourth-order valence-electron chi connectivity index (χ4n) is 9.28. The molecule has 0 saturated heterocycles. The normalized spacial score (nSPS) is 12.6. The SMILES string of the molecule is [2H]c1c([2H])c([2H])c(-n2c3ccccc3c3c(-c4ccccc4)c(-c4ccc(N(c5ccc(-c6ccccc6)cc5)c5ccc(-c6ccccc6)cc5)cc4)c4c5ccccc5sc4c32)c([2H])c1[2H]. The van der Waals surface area contributed by atoms with Crippen molar-refractivity contribution in [1.82, 2.24) is 4.57 Å². The molecule has 0 aliphatic rings. The molecule has 2 heterocycles. The Kier molecular flexibility index (Phi) is 7.83. The van der Waals surface area contributed by atoms with Crippen molar-refractivity contribution in [3.05, 3.63) is 243 Å². The minimum atomic E-state index is -0.417. The minimum Gasteiger partial charge on any atom is -0.311 e. The van der Waals surface area contributed by atoms with Crippen LogP contribution in [0.2, 0.25) is 0 Å². The monoisotopic (exact) mass is 825 g/mol. The zero-order valence-electron chi connectivity index (χ0n) is 39.0. The number of rotatable bonds is 8. The van der Waals surface area contributed by atoms with E-state index in [1.54, 1.807) is 11.3 Å². The lowest BCUT2D eigenvalue weighted by molar-refractivity contribution is 1.19. The highest BCUT2D eigenvalue weighted by Crippen LogP contribution is 2.53. The first kappa shape index (κ1) is 31.8. The summed E-state index contributed by atoms with van der Waals surface area (Å²) >= 11 is 1.67. The van der Waals surface area contributed by atoms with E-state index in [1.165, 1.54) is 0 Å². The molecule has 0 fully saturated rings. The molecule has 0 spiro atoms. The summed E-state index contributed by atoms with van der Waals surface area (Å²) in [6.07, 6.45) is 0. The predicted octanol–water partition coefficient (Wildman–Crippen LogP) is 17.3. The Labute approximate surface area is 377 Å². The van der Waals surface area contributed by atoms with E-state index in [4.69, 9.17) is 4.11 Å². The van der Waals surface area contributed by atoms with E-state index in [1.807, 2.05) is 41.0 Å². The van der Waals surface area contributed by atoms with Crippen LogP contribution in [0, 0.1) is 0 Å². The topological polar surface area (TPSA) is 8.17 Å². The van der Waals surface area contributed by atoms with Crippen molar-refractivity contribution in [3.8, 4) is 50.2 Å². The Balaban J connectivity index is 1.12. The maximum Gasteiger partial charge on any atom is 0.0726 e. The van der Waals surface area contributed by atoms with E-state index in [9.17, 15) is 2.74 Å². The van der Waals surface area contributed by atoms with Crippen LogP contribution in [-0.4, -0.2) is 4.57 Å². The molecule has 0 atom stereocenters. The molecule has 0 amide bonds. The zero-order chi connectivity index (χ0) is 46.0. The first-order chi connectivity index (χ1) is 33.4. The minimum absolute atomic E-state index is 0.130. The first-order valence-corrected chi connectivity index (χ1v) is 21.9. The van der Waals surface area contributed by atoms with Gasteiger partial charge in [0.1, 0.15) is 0 Å². The van der Waals surface area contributed by atoms with Crippen LogP contribution in [0.25, 0.3) is 92.2 Å². The third-order valence-corrected chi connectivity index (χ3v) is 13.3. The fraction of sp³-hybridized carbons (Fsp3) is 0. The molecule has 0 unspecified atom stereocenters. The molecule has 63 heavy (non-hydrogen) atoms. The van der Waals surface area contributed by atoms with Gasteiger partial charge in [-0.15, -0.1) is 11.3 Å². The molecule has 296 valence electrons. The quantitative estimate of drug-likeness (QED) is 0.148. The number of fused-ring (bicyclic) bond motifs is 7. The summed E-state index contributed by atoms with van der Waals surface area (Å²) in [6, 6.07) is 72.5. The van der Waals surface area contributed by atoms with Gasteiger partial charge in [-0.2, -0.15) is 0 Å². The van der Waals surface area contributed by atoms with Crippen molar-refractivity contribution in [3.63, 3.8) is 0 Å². The number of benzene rings is 10. The molecule has 2 aromatic heterocycles. The summed E-state index contributed by atoms with van der Waals surface area (Å²) in [5.74, 6) is 0. The van der Waals surface area contributed by atoms with Crippen LogP contribution in [0.1, 0.15) is 6.85 Å². The second-order valence-corrected chi connectivity index (χ2v) is 16.7. The van der Waals surface area contributed by atoms with Crippen LogP contribution >= 0.6 is 11.3 Å². The summed E-state index contributed by atoms with van der Waals surface area (Å²) in [4.78, 5) is 2.30. The molecule has 12 aromatic rings. The van der Waals surface area contributed by atoms with E-state index >= 15 is 0 Å². The summed E-state index contributed by atoms with van der Waals surface area (Å²) < 4.78 is 48.5. The Morgan fingerprint density at radius 2 is 0.810 bits per heavy atom. The van der Waals surface area contributed by atoms with E-state index < -0.39 is 6.04 Å². The molecule has 3 heteroatoms. The number of thiophene rings is 1. The number of aromatic nitrogens is 1. The highest BCUT2D eigenvalue weighted by atomic mass is 32.1. The van der Waals surface area contributed by atoms with Gasteiger partial charge in [-0.3, -0.25) is 0 Å². The van der Waals surface area contributed by atoms with Crippen molar-refractivity contribution < 1.29 is 6.85 Å². The maximum atomic E-state index is 9.26. The van der Waals surface area contributed by atoms with Gasteiger partial charge in [0.25, 0.3) is 0 Å². The summed E-state index contributed by atoms with van der Waals surface area (Å²) in [6.45, 7) is 0. The molecule has 0 radical (unpaired) electrons.